The molecular weight excluding hydrogens is 236 g/mol. The van der Waals surface area contributed by atoms with Crippen molar-refractivity contribution < 1.29 is 20.4 Å². The molecule has 0 saturated heterocycles. The van der Waals surface area contributed by atoms with Crippen LogP contribution in [0.5, 0.6) is 0 Å². The van der Waals surface area contributed by atoms with E-state index in [1.165, 1.54) is 0 Å². The molecule has 98 valence electrons. The molecule has 5 N–H and O–H groups in total. The van der Waals surface area contributed by atoms with Gasteiger partial charge < -0.3 is 25.4 Å². The van der Waals surface area contributed by atoms with Gasteiger partial charge in [-0.05, 0) is 24.6 Å². The Kier molecular flexibility index (Phi) is 3.63. The van der Waals surface area contributed by atoms with Crippen molar-refractivity contribution in [2.24, 2.45) is 0 Å². The van der Waals surface area contributed by atoms with Crippen LogP contribution in [0.3, 0.4) is 0 Å². The first-order valence-corrected chi connectivity index (χ1v) is 5.64. The number of H-pyrrole nitrogens is 1. The Hall–Kier alpha value is -1.47. The Morgan fingerprint density at radius 2 is 2.00 bits per heavy atom. The van der Waals surface area contributed by atoms with E-state index in [1.807, 2.05) is 19.1 Å². The van der Waals surface area contributed by atoms with Gasteiger partial charge in [0.15, 0.2) is 0 Å². The molecule has 2 aromatic rings. The minimum absolute atomic E-state index is 0.163. The lowest BCUT2D eigenvalue weighted by Gasteiger charge is -2.19. The Balaban J connectivity index is 2.30. The van der Waals surface area contributed by atoms with Crippen LogP contribution in [0.15, 0.2) is 18.2 Å². The van der Waals surface area contributed by atoms with Crippen LogP contribution in [0.2, 0.25) is 0 Å². The number of benzene rings is 1. The van der Waals surface area contributed by atoms with Crippen LogP contribution in [0.25, 0.3) is 11.0 Å². The monoisotopic (exact) mass is 252 g/mol. The summed E-state index contributed by atoms with van der Waals surface area (Å²) in [5.41, 5.74) is 2.46. The number of imidazole rings is 1. The van der Waals surface area contributed by atoms with E-state index in [0.717, 1.165) is 11.1 Å². The van der Waals surface area contributed by atoms with Crippen molar-refractivity contribution in [1.29, 1.82) is 0 Å². The summed E-state index contributed by atoms with van der Waals surface area (Å²) >= 11 is 0. The van der Waals surface area contributed by atoms with Crippen LogP contribution >= 0.6 is 0 Å². The fourth-order valence-corrected chi connectivity index (χ4v) is 1.76. The summed E-state index contributed by atoms with van der Waals surface area (Å²) in [5.74, 6) is 0.163. The highest BCUT2D eigenvalue weighted by molar-refractivity contribution is 5.75. The van der Waals surface area contributed by atoms with Crippen molar-refractivity contribution in [3.8, 4) is 0 Å². The molecule has 0 aliphatic carbocycles. The summed E-state index contributed by atoms with van der Waals surface area (Å²) in [5, 5.41) is 37.4. The van der Waals surface area contributed by atoms with Crippen molar-refractivity contribution in [3.05, 3.63) is 29.6 Å². The lowest BCUT2D eigenvalue weighted by Crippen LogP contribution is -2.35. The first kappa shape index (κ1) is 13.0. The summed E-state index contributed by atoms with van der Waals surface area (Å²) in [6.45, 7) is 1.30. The topological polar surface area (TPSA) is 110 Å². The SMILES string of the molecule is Cc1ccc2nc(C(O)C(O)C(O)CO)[nH]c2c1. The summed E-state index contributed by atoms with van der Waals surface area (Å²) in [6, 6.07) is 5.55. The average molecular weight is 252 g/mol. The minimum Gasteiger partial charge on any atom is -0.394 e. The quantitative estimate of drug-likeness (QED) is 0.509. The second kappa shape index (κ2) is 5.03. The first-order chi connectivity index (χ1) is 8.52. The van der Waals surface area contributed by atoms with Gasteiger partial charge in [0.2, 0.25) is 0 Å². The number of aryl methyl sites for hydroxylation is 1. The predicted molar refractivity (Wildman–Crippen MR) is 64.9 cm³/mol. The van der Waals surface area contributed by atoms with E-state index in [2.05, 4.69) is 9.97 Å². The predicted octanol–water partition coefficient (Wildman–Crippen LogP) is -0.381. The molecule has 0 amide bonds. The van der Waals surface area contributed by atoms with Gasteiger partial charge in [-0.3, -0.25) is 0 Å². The maximum Gasteiger partial charge on any atom is 0.140 e. The highest BCUT2D eigenvalue weighted by Gasteiger charge is 2.27. The largest absolute Gasteiger partial charge is 0.394 e. The van der Waals surface area contributed by atoms with Gasteiger partial charge in [-0.25, -0.2) is 4.98 Å². The Morgan fingerprint density at radius 3 is 2.67 bits per heavy atom. The minimum atomic E-state index is -1.49. The normalized spacial score (nSPS) is 16.7. The zero-order chi connectivity index (χ0) is 13.3. The van der Waals surface area contributed by atoms with Gasteiger partial charge in [0.05, 0.1) is 17.6 Å². The van der Waals surface area contributed by atoms with Crippen LogP contribution in [-0.2, 0) is 0 Å². The summed E-state index contributed by atoms with van der Waals surface area (Å²) in [6.07, 6.45) is -4.27. The first-order valence-electron chi connectivity index (χ1n) is 5.64. The van der Waals surface area contributed by atoms with E-state index < -0.39 is 24.9 Å². The van der Waals surface area contributed by atoms with Crippen LogP contribution < -0.4 is 0 Å². The molecule has 0 fully saturated rings. The van der Waals surface area contributed by atoms with Gasteiger partial charge in [0, 0.05) is 0 Å². The van der Waals surface area contributed by atoms with Crippen LogP contribution in [0, 0.1) is 6.92 Å². The molecule has 3 atom stereocenters. The third-order valence-electron chi connectivity index (χ3n) is 2.84. The van der Waals surface area contributed by atoms with Gasteiger partial charge in [0.25, 0.3) is 0 Å². The molecular formula is C12H16N2O4. The third kappa shape index (κ3) is 2.37. The van der Waals surface area contributed by atoms with Gasteiger partial charge in [-0.1, -0.05) is 6.07 Å². The molecule has 0 bridgehead atoms. The molecule has 0 aliphatic rings. The van der Waals surface area contributed by atoms with E-state index in [4.69, 9.17) is 5.11 Å². The lowest BCUT2D eigenvalue weighted by molar-refractivity contribution is -0.0800. The Morgan fingerprint density at radius 1 is 1.28 bits per heavy atom. The fraction of sp³-hybridized carbons (Fsp3) is 0.417. The van der Waals surface area contributed by atoms with Crippen LogP contribution in [-0.4, -0.2) is 49.2 Å². The molecule has 6 heteroatoms. The molecule has 0 saturated carbocycles. The number of hydrogen-bond acceptors (Lipinski definition) is 5. The maximum atomic E-state index is 9.85. The van der Waals surface area contributed by atoms with Crippen molar-refractivity contribution in [2.45, 2.75) is 25.2 Å². The highest BCUT2D eigenvalue weighted by Crippen LogP contribution is 2.20. The van der Waals surface area contributed by atoms with Crippen molar-refractivity contribution in [3.63, 3.8) is 0 Å². The molecule has 1 aromatic carbocycles. The van der Waals surface area contributed by atoms with E-state index in [-0.39, 0.29) is 5.82 Å². The average Bonchev–Trinajstić information content (AvgIpc) is 2.78. The number of aliphatic hydroxyl groups excluding tert-OH is 4. The number of aromatic nitrogens is 2. The van der Waals surface area contributed by atoms with E-state index in [1.54, 1.807) is 6.07 Å². The second-order valence-corrected chi connectivity index (χ2v) is 4.33. The lowest BCUT2D eigenvalue weighted by atomic mass is 10.1. The number of aliphatic hydroxyl groups is 4. The highest BCUT2D eigenvalue weighted by atomic mass is 16.4. The van der Waals surface area contributed by atoms with E-state index in [9.17, 15) is 15.3 Å². The standard InChI is InChI=1S/C12H16N2O4/c1-6-2-3-7-8(4-6)14-12(13-7)11(18)10(17)9(16)5-15/h2-4,9-11,15-18H,5H2,1H3,(H,13,14). The maximum absolute atomic E-state index is 9.85. The van der Waals surface area contributed by atoms with Crippen LogP contribution in [0.4, 0.5) is 0 Å². The molecule has 1 heterocycles. The molecule has 18 heavy (non-hydrogen) atoms. The smallest absolute Gasteiger partial charge is 0.140 e. The third-order valence-corrected chi connectivity index (χ3v) is 2.84. The zero-order valence-corrected chi connectivity index (χ0v) is 9.91. The number of fused-ring (bicyclic) bond motifs is 1. The summed E-state index contributed by atoms with van der Waals surface area (Å²) < 4.78 is 0. The number of nitrogens with one attached hydrogen (secondary N) is 1. The summed E-state index contributed by atoms with van der Waals surface area (Å²) in [4.78, 5) is 7.02. The molecule has 0 spiro atoms. The number of hydrogen-bond donors (Lipinski definition) is 5. The number of aromatic amines is 1. The Bertz CT molecular complexity index is 540. The fourth-order valence-electron chi connectivity index (χ4n) is 1.76. The van der Waals surface area contributed by atoms with Crippen molar-refractivity contribution in [2.75, 3.05) is 6.61 Å². The Labute approximate surface area is 104 Å². The number of rotatable bonds is 4. The van der Waals surface area contributed by atoms with E-state index >= 15 is 0 Å². The van der Waals surface area contributed by atoms with Crippen LogP contribution in [0.1, 0.15) is 17.5 Å². The van der Waals surface area contributed by atoms with Gasteiger partial charge in [-0.15, -0.1) is 0 Å². The molecule has 1 aromatic heterocycles. The molecule has 6 nitrogen and oxygen atoms in total. The summed E-state index contributed by atoms with van der Waals surface area (Å²) in [7, 11) is 0. The van der Waals surface area contributed by atoms with Gasteiger partial charge in [0.1, 0.15) is 24.1 Å². The molecule has 0 radical (unpaired) electrons. The van der Waals surface area contributed by atoms with Crippen molar-refractivity contribution in [1.82, 2.24) is 9.97 Å². The van der Waals surface area contributed by atoms with Gasteiger partial charge in [-0.2, -0.15) is 0 Å². The van der Waals surface area contributed by atoms with E-state index in [0.29, 0.717) is 5.52 Å². The molecule has 0 aliphatic heterocycles. The zero-order valence-electron chi connectivity index (χ0n) is 9.91. The van der Waals surface area contributed by atoms with Gasteiger partial charge >= 0.3 is 0 Å². The number of nitrogens with zero attached hydrogens (tertiary/aromatic N) is 1. The van der Waals surface area contributed by atoms with Crippen molar-refractivity contribution >= 4 is 11.0 Å². The second-order valence-electron chi connectivity index (χ2n) is 4.33. The molecule has 3 unspecified atom stereocenters. The molecule has 2 rings (SSSR count).